The molecule has 0 heterocycles. The third-order valence-corrected chi connectivity index (χ3v) is 3.89. The van der Waals surface area contributed by atoms with E-state index < -0.39 is 23.1 Å². The Morgan fingerprint density at radius 2 is 1.75 bits per heavy atom. The van der Waals surface area contributed by atoms with Gasteiger partial charge in [0.1, 0.15) is 0 Å². The van der Waals surface area contributed by atoms with Gasteiger partial charge in [0.15, 0.2) is 5.78 Å². The van der Waals surface area contributed by atoms with Crippen molar-refractivity contribution in [2.75, 3.05) is 0 Å². The molecule has 0 amide bonds. The zero-order valence-corrected chi connectivity index (χ0v) is 11.2. The van der Waals surface area contributed by atoms with Crippen LogP contribution in [0.4, 0.5) is 13.2 Å². The second-order valence-corrected chi connectivity index (χ2v) is 5.57. The predicted molar refractivity (Wildman–Crippen MR) is 70.4 cm³/mol. The van der Waals surface area contributed by atoms with Crippen LogP contribution in [0.5, 0.6) is 0 Å². The van der Waals surface area contributed by atoms with E-state index in [0.29, 0.717) is 12.8 Å². The zero-order valence-electron chi connectivity index (χ0n) is 11.2. The number of alkyl halides is 3. The number of nitrogens with two attached hydrogens (primary N) is 1. The summed E-state index contributed by atoms with van der Waals surface area (Å²) in [7, 11) is 0. The van der Waals surface area contributed by atoms with Gasteiger partial charge in [-0.3, -0.25) is 4.79 Å². The minimum Gasteiger partial charge on any atom is -0.325 e. The highest BCUT2D eigenvalue weighted by Crippen LogP contribution is 2.34. The van der Waals surface area contributed by atoms with E-state index in [4.69, 9.17) is 5.73 Å². The van der Waals surface area contributed by atoms with Gasteiger partial charge in [-0.2, -0.15) is 13.2 Å². The van der Waals surface area contributed by atoms with Gasteiger partial charge >= 0.3 is 6.18 Å². The highest BCUT2D eigenvalue weighted by molar-refractivity contribution is 5.98. The van der Waals surface area contributed by atoms with Gasteiger partial charge in [-0.25, -0.2) is 0 Å². The Kier molecular flexibility index (Phi) is 4.18. The predicted octanol–water partition coefficient (Wildman–Crippen LogP) is 3.94. The Bertz CT molecular complexity index is 490. The third-order valence-electron chi connectivity index (χ3n) is 3.89. The molecule has 0 atom stereocenters. The zero-order chi connectivity index (χ0) is 14.8. The quantitative estimate of drug-likeness (QED) is 0.855. The number of hydrogen-bond acceptors (Lipinski definition) is 2. The minimum atomic E-state index is -4.51. The number of benzene rings is 1. The van der Waals surface area contributed by atoms with Gasteiger partial charge in [-0.05, 0) is 18.9 Å². The molecule has 1 aromatic rings. The van der Waals surface area contributed by atoms with Gasteiger partial charge < -0.3 is 5.73 Å². The molecule has 110 valence electrons. The van der Waals surface area contributed by atoms with Crippen LogP contribution in [0, 0.1) is 0 Å². The van der Waals surface area contributed by atoms with Gasteiger partial charge in [0.25, 0.3) is 0 Å². The lowest BCUT2D eigenvalue weighted by Crippen LogP contribution is -2.43. The molecular formula is C15H18F3NO. The van der Waals surface area contributed by atoms with Crippen molar-refractivity contribution in [3.8, 4) is 0 Å². The van der Waals surface area contributed by atoms with Crippen LogP contribution in [0.25, 0.3) is 0 Å². The van der Waals surface area contributed by atoms with Crippen LogP contribution in [0.3, 0.4) is 0 Å². The second kappa shape index (κ2) is 5.56. The maximum absolute atomic E-state index is 12.9. The van der Waals surface area contributed by atoms with Crippen molar-refractivity contribution in [3.05, 3.63) is 35.4 Å². The lowest BCUT2D eigenvalue weighted by molar-refractivity contribution is -0.137. The summed E-state index contributed by atoms with van der Waals surface area (Å²) in [5.41, 5.74) is 4.37. The first kappa shape index (κ1) is 15.0. The Morgan fingerprint density at radius 1 is 1.15 bits per heavy atom. The molecule has 1 aliphatic carbocycles. The van der Waals surface area contributed by atoms with E-state index in [1.54, 1.807) is 0 Å². The normalized spacial score (nSPS) is 18.8. The summed E-state index contributed by atoms with van der Waals surface area (Å²) in [6, 6.07) is 4.92. The van der Waals surface area contributed by atoms with Crippen LogP contribution in [0.15, 0.2) is 24.3 Å². The average Bonchev–Trinajstić information content (AvgIpc) is 2.38. The number of rotatable bonds is 3. The highest BCUT2D eigenvalue weighted by atomic mass is 19.4. The molecular weight excluding hydrogens is 267 g/mol. The summed E-state index contributed by atoms with van der Waals surface area (Å²) in [5, 5.41) is 0. The first-order valence-corrected chi connectivity index (χ1v) is 6.80. The van der Waals surface area contributed by atoms with E-state index in [9.17, 15) is 18.0 Å². The van der Waals surface area contributed by atoms with Crippen molar-refractivity contribution in [1.29, 1.82) is 0 Å². The molecule has 0 aromatic heterocycles. The van der Waals surface area contributed by atoms with Gasteiger partial charge in [-0.15, -0.1) is 0 Å². The molecule has 1 fully saturated rings. The monoisotopic (exact) mass is 285 g/mol. The van der Waals surface area contributed by atoms with E-state index in [-0.39, 0.29) is 12.0 Å². The van der Waals surface area contributed by atoms with Crippen molar-refractivity contribution < 1.29 is 18.0 Å². The van der Waals surface area contributed by atoms with E-state index in [1.807, 2.05) is 0 Å². The van der Waals surface area contributed by atoms with Crippen LogP contribution in [-0.4, -0.2) is 11.3 Å². The van der Waals surface area contributed by atoms with Gasteiger partial charge in [0.2, 0.25) is 0 Å². The Balaban J connectivity index is 2.21. The fraction of sp³-hybridized carbons (Fsp3) is 0.533. The molecule has 2 rings (SSSR count). The third kappa shape index (κ3) is 3.39. The van der Waals surface area contributed by atoms with Crippen molar-refractivity contribution in [1.82, 2.24) is 0 Å². The molecule has 0 unspecified atom stereocenters. The molecule has 5 heteroatoms. The van der Waals surface area contributed by atoms with E-state index in [0.717, 1.165) is 25.3 Å². The number of carbonyl (C=O) groups is 1. The molecule has 2 nitrogen and oxygen atoms in total. The number of hydrogen-bond donors (Lipinski definition) is 1. The van der Waals surface area contributed by atoms with Crippen molar-refractivity contribution in [3.63, 3.8) is 0 Å². The summed E-state index contributed by atoms with van der Waals surface area (Å²) >= 11 is 0. The van der Waals surface area contributed by atoms with E-state index in [2.05, 4.69) is 0 Å². The number of carbonyl (C=O) groups excluding carboxylic acids is 1. The van der Waals surface area contributed by atoms with Crippen LogP contribution in [0.1, 0.15) is 54.4 Å². The van der Waals surface area contributed by atoms with Crippen molar-refractivity contribution in [2.24, 2.45) is 5.73 Å². The van der Waals surface area contributed by atoms with Crippen molar-refractivity contribution in [2.45, 2.75) is 50.2 Å². The fourth-order valence-electron chi connectivity index (χ4n) is 2.82. The molecule has 1 aromatic carbocycles. The van der Waals surface area contributed by atoms with Crippen LogP contribution in [-0.2, 0) is 6.18 Å². The molecule has 0 bridgehead atoms. The average molecular weight is 285 g/mol. The molecule has 0 radical (unpaired) electrons. The molecule has 1 saturated carbocycles. The summed E-state index contributed by atoms with van der Waals surface area (Å²) in [5.74, 6) is -0.512. The lowest BCUT2D eigenvalue weighted by atomic mass is 9.78. The fourth-order valence-corrected chi connectivity index (χ4v) is 2.82. The molecule has 20 heavy (non-hydrogen) atoms. The lowest BCUT2D eigenvalue weighted by Gasteiger charge is -2.33. The van der Waals surface area contributed by atoms with Crippen LogP contribution >= 0.6 is 0 Å². The number of Topliss-reactive ketones (excluding diaryl/α,β-unsaturated/α-hetero) is 1. The Labute approximate surface area is 116 Å². The van der Waals surface area contributed by atoms with E-state index in [1.165, 1.54) is 18.2 Å². The smallest absolute Gasteiger partial charge is 0.325 e. The van der Waals surface area contributed by atoms with Crippen LogP contribution in [0.2, 0.25) is 0 Å². The number of halogens is 3. The summed E-state index contributed by atoms with van der Waals surface area (Å²) in [6.07, 6.45) is -0.178. The topological polar surface area (TPSA) is 43.1 Å². The Hall–Kier alpha value is -1.36. The molecule has 0 saturated heterocycles. The maximum Gasteiger partial charge on any atom is 0.417 e. The Morgan fingerprint density at radius 3 is 2.35 bits per heavy atom. The van der Waals surface area contributed by atoms with Crippen LogP contribution < -0.4 is 5.73 Å². The van der Waals surface area contributed by atoms with Gasteiger partial charge in [-0.1, -0.05) is 37.5 Å². The maximum atomic E-state index is 12.9. The molecule has 2 N–H and O–H groups in total. The summed E-state index contributed by atoms with van der Waals surface area (Å²) in [4.78, 5) is 12.2. The largest absolute Gasteiger partial charge is 0.417 e. The minimum absolute atomic E-state index is 0.0138. The molecule has 1 aliphatic rings. The molecule has 0 spiro atoms. The summed E-state index contributed by atoms with van der Waals surface area (Å²) in [6.45, 7) is 0. The van der Waals surface area contributed by atoms with E-state index >= 15 is 0 Å². The number of ketones is 1. The second-order valence-electron chi connectivity index (χ2n) is 5.57. The molecule has 0 aliphatic heterocycles. The first-order valence-electron chi connectivity index (χ1n) is 6.80. The van der Waals surface area contributed by atoms with Crippen molar-refractivity contribution >= 4 is 5.78 Å². The van der Waals surface area contributed by atoms with Gasteiger partial charge in [0.05, 0.1) is 5.56 Å². The standard InChI is InChI=1S/C15H18F3NO/c16-15(17,18)12-7-3-2-6-11(12)13(20)10-14(19)8-4-1-5-9-14/h2-3,6-7H,1,4-5,8-10,19H2. The summed E-state index contributed by atoms with van der Waals surface area (Å²) < 4.78 is 38.7. The first-order chi connectivity index (χ1) is 9.32. The highest BCUT2D eigenvalue weighted by Gasteiger charge is 2.37. The van der Waals surface area contributed by atoms with Gasteiger partial charge in [0, 0.05) is 17.5 Å². The SMILES string of the molecule is NC1(CC(=O)c2ccccc2C(F)(F)F)CCCCC1.